The lowest BCUT2D eigenvalue weighted by Gasteiger charge is -2.04. The first-order valence-electron chi connectivity index (χ1n) is 6.00. The standard InChI is InChI=1S/C14H20N2/c1-10(2)8-9-13-15-14-11(3)6-5-7-12(14)16(13)4/h5-7,10H,8-9H2,1-4H3. The Labute approximate surface area is 97.3 Å². The normalized spacial score (nSPS) is 11.6. The molecule has 0 atom stereocenters. The molecule has 16 heavy (non-hydrogen) atoms. The van der Waals surface area contributed by atoms with Crippen molar-refractivity contribution in [2.45, 2.75) is 33.6 Å². The minimum atomic E-state index is 0.737. The molecule has 2 heteroatoms. The number of imidazole rings is 1. The summed E-state index contributed by atoms with van der Waals surface area (Å²) < 4.78 is 2.23. The lowest BCUT2D eigenvalue weighted by Crippen LogP contribution is -2.00. The van der Waals surface area contributed by atoms with Crippen LogP contribution in [0.5, 0.6) is 0 Å². The van der Waals surface area contributed by atoms with Crippen LogP contribution in [0.1, 0.15) is 31.7 Å². The number of hydrogen-bond acceptors (Lipinski definition) is 1. The van der Waals surface area contributed by atoms with Crippen LogP contribution in [0, 0.1) is 12.8 Å². The Kier molecular flexibility index (Phi) is 2.99. The number of fused-ring (bicyclic) bond motifs is 1. The number of para-hydroxylation sites is 1. The molecule has 1 heterocycles. The van der Waals surface area contributed by atoms with Gasteiger partial charge in [0.25, 0.3) is 0 Å². The fourth-order valence-corrected chi connectivity index (χ4v) is 2.04. The molecule has 0 radical (unpaired) electrons. The van der Waals surface area contributed by atoms with Gasteiger partial charge in [0.05, 0.1) is 11.0 Å². The monoisotopic (exact) mass is 216 g/mol. The molecule has 2 nitrogen and oxygen atoms in total. The first-order chi connectivity index (χ1) is 7.59. The molecule has 0 saturated heterocycles. The van der Waals surface area contributed by atoms with Crippen LogP contribution in [0.15, 0.2) is 18.2 Å². The lowest BCUT2D eigenvalue weighted by molar-refractivity contribution is 0.568. The highest BCUT2D eigenvalue weighted by Crippen LogP contribution is 2.19. The van der Waals surface area contributed by atoms with E-state index in [1.807, 2.05) is 0 Å². The third-order valence-electron chi connectivity index (χ3n) is 3.15. The average molecular weight is 216 g/mol. The number of nitrogens with zero attached hydrogens (tertiary/aromatic N) is 2. The molecule has 0 aliphatic heterocycles. The number of hydrogen-bond donors (Lipinski definition) is 0. The number of rotatable bonds is 3. The number of aryl methyl sites for hydroxylation is 3. The summed E-state index contributed by atoms with van der Waals surface area (Å²) in [6, 6.07) is 6.38. The van der Waals surface area contributed by atoms with Crippen LogP contribution in [0.3, 0.4) is 0 Å². The van der Waals surface area contributed by atoms with E-state index in [1.54, 1.807) is 0 Å². The molecule has 1 aromatic heterocycles. The van der Waals surface area contributed by atoms with Crippen LogP contribution in [-0.2, 0) is 13.5 Å². The molecular formula is C14H20N2. The van der Waals surface area contributed by atoms with Crippen LogP contribution < -0.4 is 0 Å². The molecule has 0 fully saturated rings. The van der Waals surface area contributed by atoms with E-state index in [-0.39, 0.29) is 0 Å². The highest BCUT2D eigenvalue weighted by atomic mass is 15.1. The van der Waals surface area contributed by atoms with E-state index in [1.165, 1.54) is 23.3 Å². The zero-order valence-electron chi connectivity index (χ0n) is 10.6. The molecule has 0 aliphatic carbocycles. The van der Waals surface area contributed by atoms with Gasteiger partial charge in [-0.3, -0.25) is 0 Å². The van der Waals surface area contributed by atoms with Crippen LogP contribution in [0.2, 0.25) is 0 Å². The zero-order valence-corrected chi connectivity index (χ0v) is 10.6. The second-order valence-electron chi connectivity index (χ2n) is 4.96. The third kappa shape index (κ3) is 1.97. The van der Waals surface area contributed by atoms with Crippen molar-refractivity contribution in [1.29, 1.82) is 0 Å². The summed E-state index contributed by atoms with van der Waals surface area (Å²) in [6.07, 6.45) is 2.28. The minimum absolute atomic E-state index is 0.737. The predicted octanol–water partition coefficient (Wildman–Crippen LogP) is 3.47. The largest absolute Gasteiger partial charge is 0.331 e. The molecule has 2 rings (SSSR count). The van der Waals surface area contributed by atoms with Crippen LogP contribution in [0.4, 0.5) is 0 Å². The molecule has 0 aliphatic rings. The van der Waals surface area contributed by atoms with Gasteiger partial charge < -0.3 is 4.57 Å². The summed E-state index contributed by atoms with van der Waals surface area (Å²) in [7, 11) is 2.12. The molecule has 2 aromatic rings. The van der Waals surface area contributed by atoms with Crippen LogP contribution in [-0.4, -0.2) is 9.55 Å². The van der Waals surface area contributed by atoms with Crippen LogP contribution in [0.25, 0.3) is 11.0 Å². The maximum Gasteiger partial charge on any atom is 0.109 e. The SMILES string of the molecule is Cc1cccc2c1nc(CCC(C)C)n2C. The van der Waals surface area contributed by atoms with Crippen LogP contribution >= 0.6 is 0 Å². The van der Waals surface area contributed by atoms with Crippen molar-refractivity contribution >= 4 is 11.0 Å². The third-order valence-corrected chi connectivity index (χ3v) is 3.15. The molecule has 0 bridgehead atoms. The fraction of sp³-hybridized carbons (Fsp3) is 0.500. The van der Waals surface area contributed by atoms with Gasteiger partial charge in [-0.1, -0.05) is 26.0 Å². The van der Waals surface area contributed by atoms with E-state index < -0.39 is 0 Å². The predicted molar refractivity (Wildman–Crippen MR) is 68.6 cm³/mol. The maximum atomic E-state index is 4.75. The van der Waals surface area contributed by atoms with Gasteiger partial charge in [0.15, 0.2) is 0 Å². The van der Waals surface area contributed by atoms with E-state index in [2.05, 4.69) is 50.6 Å². The van der Waals surface area contributed by atoms with Gasteiger partial charge in [-0.15, -0.1) is 0 Å². The molecule has 86 valence electrons. The molecule has 0 N–H and O–H groups in total. The second-order valence-corrected chi connectivity index (χ2v) is 4.96. The molecule has 0 unspecified atom stereocenters. The van der Waals surface area contributed by atoms with E-state index in [9.17, 15) is 0 Å². The van der Waals surface area contributed by atoms with Gasteiger partial charge in [-0.25, -0.2) is 4.98 Å². The maximum absolute atomic E-state index is 4.75. The smallest absolute Gasteiger partial charge is 0.109 e. The van der Waals surface area contributed by atoms with Crippen molar-refractivity contribution in [3.05, 3.63) is 29.6 Å². The number of aromatic nitrogens is 2. The van der Waals surface area contributed by atoms with Gasteiger partial charge in [0, 0.05) is 13.5 Å². The Morgan fingerprint density at radius 2 is 2.06 bits per heavy atom. The van der Waals surface area contributed by atoms with Gasteiger partial charge in [0.1, 0.15) is 5.82 Å². The summed E-state index contributed by atoms with van der Waals surface area (Å²) >= 11 is 0. The Balaban J connectivity index is 2.40. The van der Waals surface area contributed by atoms with Crippen molar-refractivity contribution < 1.29 is 0 Å². The highest BCUT2D eigenvalue weighted by Gasteiger charge is 2.09. The van der Waals surface area contributed by atoms with Crippen molar-refractivity contribution in [3.63, 3.8) is 0 Å². The average Bonchev–Trinajstić information content (AvgIpc) is 2.55. The zero-order chi connectivity index (χ0) is 11.7. The first kappa shape index (κ1) is 11.2. The van der Waals surface area contributed by atoms with E-state index in [0.29, 0.717) is 0 Å². The topological polar surface area (TPSA) is 17.8 Å². The lowest BCUT2D eigenvalue weighted by atomic mass is 10.1. The van der Waals surface area contributed by atoms with Gasteiger partial charge in [-0.2, -0.15) is 0 Å². The molecule has 1 aromatic carbocycles. The highest BCUT2D eigenvalue weighted by molar-refractivity contribution is 5.79. The summed E-state index contributed by atoms with van der Waals surface area (Å²) in [6.45, 7) is 6.64. The summed E-state index contributed by atoms with van der Waals surface area (Å²) in [5.41, 5.74) is 3.67. The van der Waals surface area contributed by atoms with Crippen molar-refractivity contribution in [3.8, 4) is 0 Å². The van der Waals surface area contributed by atoms with Crippen molar-refractivity contribution in [1.82, 2.24) is 9.55 Å². The van der Waals surface area contributed by atoms with Gasteiger partial charge >= 0.3 is 0 Å². The van der Waals surface area contributed by atoms with Gasteiger partial charge in [0.2, 0.25) is 0 Å². The Morgan fingerprint density at radius 1 is 1.31 bits per heavy atom. The first-order valence-corrected chi connectivity index (χ1v) is 6.00. The minimum Gasteiger partial charge on any atom is -0.331 e. The summed E-state index contributed by atoms with van der Waals surface area (Å²) in [5, 5.41) is 0. The molecule has 0 amide bonds. The van der Waals surface area contributed by atoms with E-state index in [0.717, 1.165) is 17.9 Å². The quantitative estimate of drug-likeness (QED) is 0.768. The fourth-order valence-electron chi connectivity index (χ4n) is 2.04. The summed E-state index contributed by atoms with van der Waals surface area (Å²) in [4.78, 5) is 4.75. The van der Waals surface area contributed by atoms with Crippen molar-refractivity contribution in [2.75, 3.05) is 0 Å². The Morgan fingerprint density at radius 3 is 2.69 bits per heavy atom. The van der Waals surface area contributed by atoms with E-state index >= 15 is 0 Å². The Hall–Kier alpha value is -1.31. The molecular weight excluding hydrogens is 196 g/mol. The van der Waals surface area contributed by atoms with E-state index in [4.69, 9.17) is 4.98 Å². The van der Waals surface area contributed by atoms with Crippen molar-refractivity contribution in [2.24, 2.45) is 13.0 Å². The Bertz CT molecular complexity index is 495. The second kappa shape index (κ2) is 4.28. The molecule has 0 spiro atoms. The van der Waals surface area contributed by atoms with Gasteiger partial charge in [-0.05, 0) is 30.9 Å². The molecule has 0 saturated carbocycles. The summed E-state index contributed by atoms with van der Waals surface area (Å²) in [5.74, 6) is 1.94. The number of benzene rings is 1.